The van der Waals surface area contributed by atoms with Gasteiger partial charge in [-0.1, -0.05) is 13.8 Å². The summed E-state index contributed by atoms with van der Waals surface area (Å²) in [5, 5.41) is 10.2. The van der Waals surface area contributed by atoms with Gasteiger partial charge in [0, 0.05) is 6.54 Å². The average Bonchev–Trinajstić information content (AvgIpc) is 2.28. The largest absolute Gasteiger partial charge is 0.351 e. The number of nitrogens with zero attached hydrogens (tertiary/aromatic N) is 2. The van der Waals surface area contributed by atoms with E-state index in [2.05, 4.69) is 34.8 Å². The van der Waals surface area contributed by atoms with E-state index in [0.717, 1.165) is 6.42 Å². The van der Waals surface area contributed by atoms with E-state index < -0.39 is 0 Å². The van der Waals surface area contributed by atoms with E-state index in [9.17, 15) is 4.79 Å². The molecule has 4 N–H and O–H groups in total. The van der Waals surface area contributed by atoms with Crippen molar-refractivity contribution in [1.29, 1.82) is 0 Å². The molecule has 0 atom stereocenters. The number of carbonyl (C=O) groups is 1. The molecule has 1 rings (SSSR count). The van der Waals surface area contributed by atoms with Crippen LogP contribution in [0.2, 0.25) is 0 Å². The van der Waals surface area contributed by atoms with Gasteiger partial charge in [0.05, 0.1) is 0 Å². The average molecular weight is 223 g/mol. The monoisotopic (exact) mass is 223 g/mol. The summed E-state index contributed by atoms with van der Waals surface area (Å²) in [7, 11) is 0. The Balaban J connectivity index is 2.46. The standard InChI is InChI=1S/C10H17N5O/c1-7(2)5-6-12-10(16)8-3-4-9(13-11)15-14-8/h3-4,7H,5-6,11H2,1-2H3,(H,12,16)(H,13,15). The highest BCUT2D eigenvalue weighted by atomic mass is 16.1. The molecule has 1 amide bonds. The number of hydrogen-bond donors (Lipinski definition) is 3. The molecular weight excluding hydrogens is 206 g/mol. The van der Waals surface area contributed by atoms with Gasteiger partial charge in [-0.05, 0) is 24.5 Å². The molecule has 0 saturated carbocycles. The van der Waals surface area contributed by atoms with Crippen molar-refractivity contribution >= 4 is 11.7 Å². The molecule has 0 bridgehead atoms. The number of nitrogen functional groups attached to an aromatic ring is 1. The maximum atomic E-state index is 11.6. The van der Waals surface area contributed by atoms with Crippen molar-refractivity contribution in [3.63, 3.8) is 0 Å². The van der Waals surface area contributed by atoms with Crippen LogP contribution in [0.5, 0.6) is 0 Å². The Bertz CT molecular complexity index is 336. The molecule has 0 aliphatic heterocycles. The van der Waals surface area contributed by atoms with Crippen LogP contribution in [0.3, 0.4) is 0 Å². The first kappa shape index (κ1) is 12.4. The molecule has 0 unspecified atom stereocenters. The summed E-state index contributed by atoms with van der Waals surface area (Å²) < 4.78 is 0. The van der Waals surface area contributed by atoms with Crippen molar-refractivity contribution in [2.45, 2.75) is 20.3 Å². The van der Waals surface area contributed by atoms with Crippen LogP contribution in [0.1, 0.15) is 30.8 Å². The first-order valence-corrected chi connectivity index (χ1v) is 5.22. The normalized spacial score (nSPS) is 10.2. The molecule has 6 heteroatoms. The Morgan fingerprint density at radius 3 is 2.69 bits per heavy atom. The smallest absolute Gasteiger partial charge is 0.271 e. The van der Waals surface area contributed by atoms with Gasteiger partial charge < -0.3 is 10.7 Å². The molecule has 6 nitrogen and oxygen atoms in total. The zero-order valence-electron chi connectivity index (χ0n) is 9.53. The Morgan fingerprint density at radius 2 is 2.19 bits per heavy atom. The molecule has 1 aromatic rings. The first-order chi connectivity index (χ1) is 7.63. The number of nitrogens with one attached hydrogen (secondary N) is 2. The SMILES string of the molecule is CC(C)CCNC(=O)c1ccc(NN)nn1. The van der Waals surface area contributed by atoms with Crippen molar-refractivity contribution in [3.8, 4) is 0 Å². The van der Waals surface area contributed by atoms with Crippen LogP contribution in [0.25, 0.3) is 0 Å². The fourth-order valence-electron chi connectivity index (χ4n) is 1.10. The molecule has 16 heavy (non-hydrogen) atoms. The van der Waals surface area contributed by atoms with Gasteiger partial charge in [-0.2, -0.15) is 0 Å². The minimum Gasteiger partial charge on any atom is -0.351 e. The summed E-state index contributed by atoms with van der Waals surface area (Å²) in [6.45, 7) is 4.86. The Hall–Kier alpha value is -1.69. The number of aromatic nitrogens is 2. The van der Waals surface area contributed by atoms with Crippen molar-refractivity contribution in [2.24, 2.45) is 11.8 Å². The molecule has 1 heterocycles. The topological polar surface area (TPSA) is 92.9 Å². The quantitative estimate of drug-likeness (QED) is 0.500. The van der Waals surface area contributed by atoms with E-state index in [1.165, 1.54) is 0 Å². The first-order valence-electron chi connectivity index (χ1n) is 5.22. The second-order valence-corrected chi connectivity index (χ2v) is 3.89. The number of amides is 1. The second-order valence-electron chi connectivity index (χ2n) is 3.89. The van der Waals surface area contributed by atoms with Gasteiger partial charge in [0.2, 0.25) is 0 Å². The zero-order chi connectivity index (χ0) is 12.0. The maximum Gasteiger partial charge on any atom is 0.271 e. The third-order valence-corrected chi connectivity index (χ3v) is 2.05. The predicted molar refractivity (Wildman–Crippen MR) is 61.6 cm³/mol. The van der Waals surface area contributed by atoms with Crippen LogP contribution in [0, 0.1) is 5.92 Å². The summed E-state index contributed by atoms with van der Waals surface area (Å²) in [5.74, 6) is 5.92. The fourth-order valence-corrected chi connectivity index (χ4v) is 1.10. The summed E-state index contributed by atoms with van der Waals surface area (Å²) in [5.41, 5.74) is 2.64. The Kier molecular flexibility index (Phi) is 4.65. The molecule has 0 radical (unpaired) electrons. The van der Waals surface area contributed by atoms with Gasteiger partial charge in [-0.15, -0.1) is 10.2 Å². The lowest BCUT2D eigenvalue weighted by Crippen LogP contribution is -2.26. The van der Waals surface area contributed by atoms with E-state index in [-0.39, 0.29) is 5.91 Å². The highest BCUT2D eigenvalue weighted by molar-refractivity contribution is 5.92. The number of carbonyl (C=O) groups excluding carboxylic acids is 1. The van der Waals surface area contributed by atoms with Crippen LogP contribution in [-0.2, 0) is 0 Å². The van der Waals surface area contributed by atoms with Gasteiger partial charge >= 0.3 is 0 Å². The van der Waals surface area contributed by atoms with E-state index in [0.29, 0.717) is 24.0 Å². The lowest BCUT2D eigenvalue weighted by molar-refractivity contribution is 0.0946. The third kappa shape index (κ3) is 3.82. The number of nitrogens with two attached hydrogens (primary N) is 1. The summed E-state index contributed by atoms with van der Waals surface area (Å²) >= 11 is 0. The van der Waals surface area contributed by atoms with Gasteiger partial charge in [0.25, 0.3) is 5.91 Å². The number of hydrogen-bond acceptors (Lipinski definition) is 5. The molecule has 0 aliphatic rings. The highest BCUT2D eigenvalue weighted by Crippen LogP contribution is 2.00. The minimum absolute atomic E-state index is 0.211. The van der Waals surface area contributed by atoms with Gasteiger partial charge in [0.1, 0.15) is 0 Å². The molecule has 0 saturated heterocycles. The van der Waals surface area contributed by atoms with Crippen LogP contribution in [-0.4, -0.2) is 22.6 Å². The summed E-state index contributed by atoms with van der Waals surface area (Å²) in [4.78, 5) is 11.6. The van der Waals surface area contributed by atoms with Crippen molar-refractivity contribution < 1.29 is 4.79 Å². The second kappa shape index (κ2) is 6.02. The predicted octanol–water partition coefficient (Wildman–Crippen LogP) is 0.538. The van der Waals surface area contributed by atoms with E-state index in [1.807, 2.05) is 0 Å². The van der Waals surface area contributed by atoms with Crippen LogP contribution >= 0.6 is 0 Å². The highest BCUT2D eigenvalue weighted by Gasteiger charge is 2.07. The Morgan fingerprint density at radius 1 is 1.44 bits per heavy atom. The lowest BCUT2D eigenvalue weighted by Gasteiger charge is -2.06. The van der Waals surface area contributed by atoms with Crippen molar-refractivity contribution in [2.75, 3.05) is 12.0 Å². The molecule has 88 valence electrons. The number of hydrazine groups is 1. The minimum atomic E-state index is -0.211. The molecule has 1 aromatic heterocycles. The van der Waals surface area contributed by atoms with Crippen LogP contribution < -0.4 is 16.6 Å². The molecular formula is C10H17N5O. The summed E-state index contributed by atoms with van der Waals surface area (Å²) in [6.07, 6.45) is 0.946. The van der Waals surface area contributed by atoms with Crippen molar-refractivity contribution in [1.82, 2.24) is 15.5 Å². The van der Waals surface area contributed by atoms with Gasteiger partial charge in [-0.25, -0.2) is 5.84 Å². The van der Waals surface area contributed by atoms with Crippen molar-refractivity contribution in [3.05, 3.63) is 17.8 Å². The van der Waals surface area contributed by atoms with E-state index in [1.54, 1.807) is 12.1 Å². The molecule has 0 aliphatic carbocycles. The van der Waals surface area contributed by atoms with Crippen LogP contribution in [0.4, 0.5) is 5.82 Å². The van der Waals surface area contributed by atoms with Crippen LogP contribution in [0.15, 0.2) is 12.1 Å². The van der Waals surface area contributed by atoms with E-state index in [4.69, 9.17) is 5.84 Å². The molecule has 0 spiro atoms. The zero-order valence-corrected chi connectivity index (χ0v) is 9.53. The number of rotatable bonds is 5. The van der Waals surface area contributed by atoms with Gasteiger partial charge in [0.15, 0.2) is 11.5 Å². The number of anilines is 1. The molecule has 0 fully saturated rings. The van der Waals surface area contributed by atoms with Gasteiger partial charge in [-0.3, -0.25) is 4.79 Å². The Labute approximate surface area is 94.6 Å². The fraction of sp³-hybridized carbons (Fsp3) is 0.500. The summed E-state index contributed by atoms with van der Waals surface area (Å²) in [6, 6.07) is 3.18. The molecule has 0 aromatic carbocycles. The maximum absolute atomic E-state index is 11.6. The third-order valence-electron chi connectivity index (χ3n) is 2.05. The van der Waals surface area contributed by atoms with E-state index >= 15 is 0 Å². The lowest BCUT2D eigenvalue weighted by atomic mass is 10.1.